The highest BCUT2D eigenvalue weighted by molar-refractivity contribution is 5.11. The van der Waals surface area contributed by atoms with Crippen molar-refractivity contribution in [2.45, 2.75) is 46.6 Å². The second kappa shape index (κ2) is 4.35. The van der Waals surface area contributed by atoms with Gasteiger partial charge in [0.25, 0.3) is 0 Å². The molecule has 1 aromatic rings. The van der Waals surface area contributed by atoms with E-state index in [1.54, 1.807) is 4.68 Å². The first-order chi connectivity index (χ1) is 6.79. The highest BCUT2D eigenvalue weighted by Gasteiger charge is 2.17. The standard InChI is InChI=1S/C12H22N2O/c1-9-8-10(14(5)13-9)11(15)6-7-12(2,3)4/h8,11,15H,6-7H2,1-5H3. The maximum Gasteiger partial charge on any atom is 0.0956 e. The van der Waals surface area contributed by atoms with Crippen LogP contribution in [0.1, 0.15) is 51.1 Å². The minimum Gasteiger partial charge on any atom is -0.387 e. The van der Waals surface area contributed by atoms with Crippen molar-refractivity contribution in [3.8, 4) is 0 Å². The Labute approximate surface area is 92.1 Å². The van der Waals surface area contributed by atoms with E-state index in [4.69, 9.17) is 0 Å². The van der Waals surface area contributed by atoms with Crippen LogP contribution in [0.15, 0.2) is 6.07 Å². The van der Waals surface area contributed by atoms with Crippen LogP contribution in [0.25, 0.3) is 0 Å². The van der Waals surface area contributed by atoms with Crippen molar-refractivity contribution in [3.63, 3.8) is 0 Å². The van der Waals surface area contributed by atoms with Crippen LogP contribution in [0, 0.1) is 12.3 Å². The molecule has 0 amide bonds. The number of aliphatic hydroxyl groups excluding tert-OH is 1. The van der Waals surface area contributed by atoms with E-state index in [2.05, 4.69) is 25.9 Å². The van der Waals surface area contributed by atoms with E-state index >= 15 is 0 Å². The van der Waals surface area contributed by atoms with Gasteiger partial charge in [0, 0.05) is 7.05 Å². The smallest absolute Gasteiger partial charge is 0.0956 e. The molecule has 0 spiro atoms. The topological polar surface area (TPSA) is 38.0 Å². The maximum atomic E-state index is 10.0. The zero-order valence-electron chi connectivity index (χ0n) is 10.4. The lowest BCUT2D eigenvalue weighted by molar-refractivity contribution is 0.139. The third kappa shape index (κ3) is 3.67. The summed E-state index contributed by atoms with van der Waals surface area (Å²) in [5.74, 6) is 0. The Morgan fingerprint density at radius 2 is 2.07 bits per heavy atom. The molecule has 0 saturated carbocycles. The molecule has 1 heterocycles. The van der Waals surface area contributed by atoms with Crippen molar-refractivity contribution >= 4 is 0 Å². The van der Waals surface area contributed by atoms with Crippen molar-refractivity contribution in [2.24, 2.45) is 12.5 Å². The molecule has 3 heteroatoms. The molecule has 0 radical (unpaired) electrons. The van der Waals surface area contributed by atoms with Crippen molar-refractivity contribution < 1.29 is 5.11 Å². The van der Waals surface area contributed by atoms with Crippen LogP contribution in [0.3, 0.4) is 0 Å². The van der Waals surface area contributed by atoms with Gasteiger partial charge in [-0.05, 0) is 31.2 Å². The monoisotopic (exact) mass is 210 g/mol. The molecule has 0 aliphatic heterocycles. The zero-order chi connectivity index (χ0) is 11.6. The van der Waals surface area contributed by atoms with Crippen LogP contribution >= 0.6 is 0 Å². The largest absolute Gasteiger partial charge is 0.387 e. The fourth-order valence-corrected chi connectivity index (χ4v) is 1.66. The number of rotatable bonds is 3. The maximum absolute atomic E-state index is 10.0. The average Bonchev–Trinajstić information content (AvgIpc) is 2.40. The SMILES string of the molecule is Cc1cc(C(O)CCC(C)(C)C)n(C)n1. The van der Waals surface area contributed by atoms with Crippen molar-refractivity contribution in [2.75, 3.05) is 0 Å². The van der Waals surface area contributed by atoms with Gasteiger partial charge in [0.2, 0.25) is 0 Å². The minimum atomic E-state index is -0.393. The van der Waals surface area contributed by atoms with Crippen LogP contribution < -0.4 is 0 Å². The fraction of sp³-hybridized carbons (Fsp3) is 0.750. The van der Waals surface area contributed by atoms with Gasteiger partial charge in [0.1, 0.15) is 0 Å². The first-order valence-corrected chi connectivity index (χ1v) is 5.48. The molecule has 0 saturated heterocycles. The molecule has 1 N–H and O–H groups in total. The quantitative estimate of drug-likeness (QED) is 0.832. The molecule has 86 valence electrons. The van der Waals surface area contributed by atoms with Gasteiger partial charge >= 0.3 is 0 Å². The average molecular weight is 210 g/mol. The lowest BCUT2D eigenvalue weighted by atomic mass is 9.89. The van der Waals surface area contributed by atoms with E-state index < -0.39 is 6.10 Å². The van der Waals surface area contributed by atoms with Gasteiger partial charge in [-0.1, -0.05) is 20.8 Å². The Morgan fingerprint density at radius 3 is 2.47 bits per heavy atom. The van der Waals surface area contributed by atoms with E-state index in [1.807, 2.05) is 20.0 Å². The molecule has 1 atom stereocenters. The summed E-state index contributed by atoms with van der Waals surface area (Å²) in [6.07, 6.45) is 1.41. The third-order valence-corrected chi connectivity index (χ3v) is 2.55. The van der Waals surface area contributed by atoms with Gasteiger partial charge in [-0.15, -0.1) is 0 Å². The van der Waals surface area contributed by atoms with Crippen LogP contribution in [-0.2, 0) is 7.05 Å². The summed E-state index contributed by atoms with van der Waals surface area (Å²) < 4.78 is 1.77. The van der Waals surface area contributed by atoms with Crippen LogP contribution in [0.5, 0.6) is 0 Å². The first kappa shape index (κ1) is 12.2. The summed E-state index contributed by atoms with van der Waals surface area (Å²) >= 11 is 0. The Balaban J connectivity index is 2.61. The summed E-state index contributed by atoms with van der Waals surface area (Å²) in [6.45, 7) is 8.51. The summed E-state index contributed by atoms with van der Waals surface area (Å²) in [5.41, 5.74) is 2.15. The molecule has 0 bridgehead atoms. The van der Waals surface area contributed by atoms with Gasteiger partial charge in [0.15, 0.2) is 0 Å². The van der Waals surface area contributed by atoms with Gasteiger partial charge in [0.05, 0.1) is 17.5 Å². The second-order valence-electron chi connectivity index (χ2n) is 5.45. The molecule has 0 aromatic carbocycles. The summed E-state index contributed by atoms with van der Waals surface area (Å²) in [6, 6.07) is 1.95. The Morgan fingerprint density at radius 1 is 1.47 bits per heavy atom. The van der Waals surface area contributed by atoms with E-state index in [0.29, 0.717) is 0 Å². The zero-order valence-corrected chi connectivity index (χ0v) is 10.4. The highest BCUT2D eigenvalue weighted by Crippen LogP contribution is 2.27. The molecule has 1 aromatic heterocycles. The Hall–Kier alpha value is -0.830. The molecule has 0 fully saturated rings. The van der Waals surface area contributed by atoms with Gasteiger partial charge in [-0.2, -0.15) is 5.10 Å². The van der Waals surface area contributed by atoms with Gasteiger partial charge in [-0.25, -0.2) is 0 Å². The molecule has 0 aliphatic carbocycles. The van der Waals surface area contributed by atoms with E-state index in [0.717, 1.165) is 24.2 Å². The number of aryl methyl sites for hydroxylation is 2. The van der Waals surface area contributed by atoms with Crippen molar-refractivity contribution in [1.82, 2.24) is 9.78 Å². The highest BCUT2D eigenvalue weighted by atomic mass is 16.3. The number of nitrogens with zero attached hydrogens (tertiary/aromatic N) is 2. The van der Waals surface area contributed by atoms with E-state index in [-0.39, 0.29) is 5.41 Å². The lowest BCUT2D eigenvalue weighted by Gasteiger charge is -2.20. The molecular formula is C12H22N2O. The molecule has 0 aliphatic rings. The number of aromatic nitrogens is 2. The number of aliphatic hydroxyl groups is 1. The third-order valence-electron chi connectivity index (χ3n) is 2.55. The molecular weight excluding hydrogens is 188 g/mol. The molecule has 15 heavy (non-hydrogen) atoms. The summed E-state index contributed by atoms with van der Waals surface area (Å²) in [7, 11) is 1.88. The molecule has 1 rings (SSSR count). The molecule has 1 unspecified atom stereocenters. The van der Waals surface area contributed by atoms with Crippen LogP contribution in [0.2, 0.25) is 0 Å². The number of hydrogen-bond donors (Lipinski definition) is 1. The summed E-state index contributed by atoms with van der Waals surface area (Å²) in [4.78, 5) is 0. The minimum absolute atomic E-state index is 0.272. The van der Waals surface area contributed by atoms with Crippen molar-refractivity contribution in [1.29, 1.82) is 0 Å². The van der Waals surface area contributed by atoms with Crippen molar-refractivity contribution in [3.05, 3.63) is 17.5 Å². The Kier molecular flexibility index (Phi) is 3.55. The normalized spacial score (nSPS) is 14.3. The van der Waals surface area contributed by atoms with E-state index in [9.17, 15) is 5.11 Å². The first-order valence-electron chi connectivity index (χ1n) is 5.48. The van der Waals surface area contributed by atoms with Gasteiger partial charge in [-0.3, -0.25) is 4.68 Å². The fourth-order valence-electron chi connectivity index (χ4n) is 1.66. The number of hydrogen-bond acceptors (Lipinski definition) is 2. The predicted molar refractivity (Wildman–Crippen MR) is 61.6 cm³/mol. The van der Waals surface area contributed by atoms with E-state index in [1.165, 1.54) is 0 Å². The lowest BCUT2D eigenvalue weighted by Crippen LogP contribution is -2.10. The Bertz CT molecular complexity index is 323. The predicted octanol–water partition coefficient (Wildman–Crippen LogP) is 2.59. The van der Waals surface area contributed by atoms with Crippen LogP contribution in [0.4, 0.5) is 0 Å². The molecule has 3 nitrogen and oxygen atoms in total. The van der Waals surface area contributed by atoms with Crippen LogP contribution in [-0.4, -0.2) is 14.9 Å². The second-order valence-corrected chi connectivity index (χ2v) is 5.45. The summed E-state index contributed by atoms with van der Waals surface area (Å²) in [5, 5.41) is 14.3. The van der Waals surface area contributed by atoms with Gasteiger partial charge < -0.3 is 5.11 Å².